The van der Waals surface area contributed by atoms with Gasteiger partial charge in [0.05, 0.1) is 6.10 Å². The molecule has 1 N–H and O–H groups in total. The average Bonchev–Trinajstić information content (AvgIpc) is 2.27. The van der Waals surface area contributed by atoms with Crippen LogP contribution in [0.1, 0.15) is 18.4 Å². The van der Waals surface area contributed by atoms with Gasteiger partial charge in [0.1, 0.15) is 0 Å². The van der Waals surface area contributed by atoms with Gasteiger partial charge in [-0.3, -0.25) is 4.90 Å². The SMILES string of the molecule is C=CCCC(O)CN(C)Cc1ccccc1. The summed E-state index contributed by atoms with van der Waals surface area (Å²) in [5, 5.41) is 9.74. The van der Waals surface area contributed by atoms with Crippen molar-refractivity contribution in [2.45, 2.75) is 25.5 Å². The van der Waals surface area contributed by atoms with Crippen LogP contribution in [0.15, 0.2) is 43.0 Å². The number of hydrogen-bond acceptors (Lipinski definition) is 2. The van der Waals surface area contributed by atoms with Crippen LogP contribution in [0.2, 0.25) is 0 Å². The van der Waals surface area contributed by atoms with Gasteiger partial charge in [-0.25, -0.2) is 0 Å². The Morgan fingerprint density at radius 1 is 1.38 bits per heavy atom. The molecule has 0 aliphatic heterocycles. The molecule has 1 rings (SSSR count). The Morgan fingerprint density at radius 3 is 2.69 bits per heavy atom. The molecule has 0 aliphatic rings. The third-order valence-electron chi connectivity index (χ3n) is 2.52. The van der Waals surface area contributed by atoms with E-state index >= 15 is 0 Å². The minimum absolute atomic E-state index is 0.258. The molecule has 0 heterocycles. The lowest BCUT2D eigenvalue weighted by Gasteiger charge is -2.20. The van der Waals surface area contributed by atoms with Crippen molar-refractivity contribution >= 4 is 0 Å². The van der Waals surface area contributed by atoms with E-state index < -0.39 is 0 Å². The minimum atomic E-state index is -0.258. The first-order valence-corrected chi connectivity index (χ1v) is 5.74. The van der Waals surface area contributed by atoms with Crippen molar-refractivity contribution in [1.82, 2.24) is 4.90 Å². The molecule has 0 aromatic heterocycles. The normalized spacial score (nSPS) is 12.7. The maximum absolute atomic E-state index is 9.74. The van der Waals surface area contributed by atoms with Crippen molar-refractivity contribution in [1.29, 1.82) is 0 Å². The average molecular weight is 219 g/mol. The summed E-state index contributed by atoms with van der Waals surface area (Å²) in [6.45, 7) is 5.25. The fraction of sp³-hybridized carbons (Fsp3) is 0.429. The molecule has 2 heteroatoms. The third-order valence-corrected chi connectivity index (χ3v) is 2.52. The molecule has 1 aromatic carbocycles. The highest BCUT2D eigenvalue weighted by Crippen LogP contribution is 2.05. The topological polar surface area (TPSA) is 23.5 Å². The van der Waals surface area contributed by atoms with E-state index in [2.05, 4.69) is 23.6 Å². The van der Waals surface area contributed by atoms with Crippen LogP contribution in [0.25, 0.3) is 0 Å². The Kier molecular flexibility index (Phi) is 5.83. The molecular weight excluding hydrogens is 198 g/mol. The summed E-state index contributed by atoms with van der Waals surface area (Å²) < 4.78 is 0. The molecule has 88 valence electrons. The Hall–Kier alpha value is -1.12. The Morgan fingerprint density at radius 2 is 2.06 bits per heavy atom. The Labute approximate surface area is 98.2 Å². The molecule has 1 aromatic rings. The molecule has 0 radical (unpaired) electrons. The van der Waals surface area contributed by atoms with E-state index in [1.54, 1.807) is 0 Å². The summed E-state index contributed by atoms with van der Waals surface area (Å²) >= 11 is 0. The summed E-state index contributed by atoms with van der Waals surface area (Å²) in [7, 11) is 2.03. The van der Waals surface area contributed by atoms with Crippen molar-refractivity contribution in [3.05, 3.63) is 48.6 Å². The van der Waals surface area contributed by atoms with E-state index in [0.29, 0.717) is 6.54 Å². The highest BCUT2D eigenvalue weighted by atomic mass is 16.3. The van der Waals surface area contributed by atoms with Gasteiger partial charge in [0.25, 0.3) is 0 Å². The highest BCUT2D eigenvalue weighted by Gasteiger charge is 2.07. The number of aliphatic hydroxyl groups is 1. The number of hydrogen-bond donors (Lipinski definition) is 1. The standard InChI is InChI=1S/C14H21NO/c1-3-4-10-14(16)12-15(2)11-13-8-6-5-7-9-13/h3,5-9,14,16H,1,4,10-12H2,2H3. The van der Waals surface area contributed by atoms with E-state index in [1.807, 2.05) is 31.3 Å². The second kappa shape index (κ2) is 7.20. The number of allylic oxidation sites excluding steroid dienone is 1. The predicted octanol–water partition coefficient (Wildman–Crippen LogP) is 2.45. The molecule has 1 unspecified atom stereocenters. The van der Waals surface area contributed by atoms with Crippen molar-refractivity contribution < 1.29 is 5.11 Å². The van der Waals surface area contributed by atoms with Crippen LogP contribution >= 0.6 is 0 Å². The van der Waals surface area contributed by atoms with Gasteiger partial charge >= 0.3 is 0 Å². The molecule has 0 saturated carbocycles. The van der Waals surface area contributed by atoms with Gasteiger partial charge in [-0.2, -0.15) is 0 Å². The van der Waals surface area contributed by atoms with Crippen LogP contribution in [0, 0.1) is 0 Å². The van der Waals surface area contributed by atoms with E-state index in [-0.39, 0.29) is 6.10 Å². The van der Waals surface area contributed by atoms with Crippen LogP contribution < -0.4 is 0 Å². The lowest BCUT2D eigenvalue weighted by molar-refractivity contribution is 0.116. The number of aliphatic hydroxyl groups excluding tert-OH is 1. The van der Waals surface area contributed by atoms with Crippen molar-refractivity contribution in [2.24, 2.45) is 0 Å². The lowest BCUT2D eigenvalue weighted by Crippen LogP contribution is -2.28. The van der Waals surface area contributed by atoms with Crippen molar-refractivity contribution in [3.8, 4) is 0 Å². The largest absolute Gasteiger partial charge is 0.392 e. The second-order valence-electron chi connectivity index (χ2n) is 4.20. The number of nitrogens with zero attached hydrogens (tertiary/aromatic N) is 1. The van der Waals surface area contributed by atoms with Crippen LogP contribution in [-0.4, -0.2) is 29.7 Å². The van der Waals surface area contributed by atoms with Gasteiger partial charge in [0.2, 0.25) is 0 Å². The monoisotopic (exact) mass is 219 g/mol. The molecule has 0 spiro atoms. The third kappa shape index (κ3) is 5.10. The number of rotatable bonds is 7. The first-order chi connectivity index (χ1) is 7.72. The summed E-state index contributed by atoms with van der Waals surface area (Å²) in [6.07, 6.45) is 3.26. The maximum atomic E-state index is 9.74. The molecule has 2 nitrogen and oxygen atoms in total. The Balaban J connectivity index is 2.30. The van der Waals surface area contributed by atoms with Crippen LogP contribution in [0.3, 0.4) is 0 Å². The van der Waals surface area contributed by atoms with Gasteiger partial charge in [0, 0.05) is 13.1 Å². The van der Waals surface area contributed by atoms with Crippen LogP contribution in [0.4, 0.5) is 0 Å². The number of likely N-dealkylation sites (N-methyl/N-ethyl adjacent to an activating group) is 1. The molecule has 0 saturated heterocycles. The molecule has 0 aliphatic carbocycles. The maximum Gasteiger partial charge on any atom is 0.0670 e. The second-order valence-corrected chi connectivity index (χ2v) is 4.20. The molecule has 0 amide bonds. The van der Waals surface area contributed by atoms with Gasteiger partial charge in [-0.1, -0.05) is 36.4 Å². The summed E-state index contributed by atoms with van der Waals surface area (Å²) in [6, 6.07) is 10.3. The molecule has 16 heavy (non-hydrogen) atoms. The zero-order valence-electron chi connectivity index (χ0n) is 9.97. The predicted molar refractivity (Wildman–Crippen MR) is 68.2 cm³/mol. The fourth-order valence-corrected chi connectivity index (χ4v) is 1.72. The quantitative estimate of drug-likeness (QED) is 0.712. The van der Waals surface area contributed by atoms with Gasteiger partial charge in [-0.15, -0.1) is 6.58 Å². The highest BCUT2D eigenvalue weighted by molar-refractivity contribution is 5.14. The Bertz CT molecular complexity index is 297. The van der Waals surface area contributed by atoms with Gasteiger partial charge < -0.3 is 5.11 Å². The van der Waals surface area contributed by atoms with Gasteiger partial charge in [-0.05, 0) is 25.5 Å². The molecule has 0 bridgehead atoms. The van der Waals surface area contributed by atoms with Crippen molar-refractivity contribution in [2.75, 3.05) is 13.6 Å². The van der Waals surface area contributed by atoms with E-state index in [4.69, 9.17) is 0 Å². The summed E-state index contributed by atoms with van der Waals surface area (Å²) in [5.41, 5.74) is 1.28. The smallest absolute Gasteiger partial charge is 0.0670 e. The number of benzene rings is 1. The zero-order chi connectivity index (χ0) is 11.8. The van der Waals surface area contributed by atoms with Gasteiger partial charge in [0.15, 0.2) is 0 Å². The molecule has 1 atom stereocenters. The first-order valence-electron chi connectivity index (χ1n) is 5.74. The zero-order valence-corrected chi connectivity index (χ0v) is 9.97. The minimum Gasteiger partial charge on any atom is -0.392 e. The summed E-state index contributed by atoms with van der Waals surface area (Å²) in [5.74, 6) is 0. The van der Waals surface area contributed by atoms with Crippen molar-refractivity contribution in [3.63, 3.8) is 0 Å². The van der Waals surface area contributed by atoms with E-state index in [0.717, 1.165) is 19.4 Å². The molecular formula is C14H21NO. The fourth-order valence-electron chi connectivity index (χ4n) is 1.72. The molecule has 0 fully saturated rings. The van der Waals surface area contributed by atoms with E-state index in [9.17, 15) is 5.11 Å². The summed E-state index contributed by atoms with van der Waals surface area (Å²) in [4.78, 5) is 2.14. The first kappa shape index (κ1) is 12.9. The van der Waals surface area contributed by atoms with Crippen LogP contribution in [0.5, 0.6) is 0 Å². The van der Waals surface area contributed by atoms with Crippen LogP contribution in [-0.2, 0) is 6.54 Å². The van der Waals surface area contributed by atoms with E-state index in [1.165, 1.54) is 5.56 Å². The lowest BCUT2D eigenvalue weighted by atomic mass is 10.1.